The third-order valence-corrected chi connectivity index (χ3v) is 7.30. The van der Waals surface area contributed by atoms with E-state index < -0.39 is 5.60 Å². The van der Waals surface area contributed by atoms with Crippen LogP contribution in [0.25, 0.3) is 32.6 Å². The lowest BCUT2D eigenvalue weighted by atomic mass is 9.74. The Kier molecular flexibility index (Phi) is 3.09. The second-order valence-electron chi connectivity index (χ2n) is 9.32. The van der Waals surface area contributed by atoms with Gasteiger partial charge >= 0.3 is 5.63 Å². The summed E-state index contributed by atoms with van der Waals surface area (Å²) in [5.74, 6) is 0.800. The molecule has 4 heteroatoms. The topological polar surface area (TPSA) is 44.4 Å². The first kappa shape index (κ1) is 17.2. The van der Waals surface area contributed by atoms with Crippen molar-refractivity contribution in [1.82, 2.24) is 4.57 Å². The maximum atomic E-state index is 13.3. The number of ether oxygens (including phenoxy) is 1. The molecule has 0 fully saturated rings. The van der Waals surface area contributed by atoms with Crippen LogP contribution in [0.3, 0.4) is 0 Å². The van der Waals surface area contributed by atoms with Crippen LogP contribution in [-0.4, -0.2) is 10.2 Å². The molecule has 0 saturated heterocycles. The normalized spacial score (nSPS) is 21.1. The molecule has 0 saturated carbocycles. The Morgan fingerprint density at radius 2 is 1.74 bits per heavy atom. The van der Waals surface area contributed by atoms with Gasteiger partial charge in [-0.2, -0.15) is 0 Å². The van der Waals surface area contributed by atoms with Gasteiger partial charge in [0.1, 0.15) is 16.9 Å². The zero-order valence-electron chi connectivity index (χ0n) is 17.4. The van der Waals surface area contributed by atoms with Crippen LogP contribution in [0.15, 0.2) is 75.9 Å². The summed E-state index contributed by atoms with van der Waals surface area (Å²) in [7, 11) is 0. The second-order valence-corrected chi connectivity index (χ2v) is 9.32. The Hall–Kier alpha value is -3.53. The molecule has 31 heavy (non-hydrogen) atoms. The van der Waals surface area contributed by atoms with E-state index in [-0.39, 0.29) is 17.5 Å². The molecule has 2 aromatic heterocycles. The quantitative estimate of drug-likeness (QED) is 0.239. The van der Waals surface area contributed by atoms with Crippen molar-refractivity contribution in [2.75, 3.05) is 0 Å². The van der Waals surface area contributed by atoms with E-state index in [0.29, 0.717) is 16.9 Å². The Morgan fingerprint density at radius 3 is 2.61 bits per heavy atom. The third-order valence-electron chi connectivity index (χ3n) is 7.30. The number of nitrogens with zero attached hydrogens (tertiary/aromatic N) is 1. The molecule has 2 atom stereocenters. The highest BCUT2D eigenvalue weighted by Gasteiger charge is 2.51. The van der Waals surface area contributed by atoms with Crippen molar-refractivity contribution >= 4 is 32.6 Å². The molecule has 0 unspecified atom stereocenters. The molecule has 2 aliphatic heterocycles. The van der Waals surface area contributed by atoms with E-state index in [1.165, 1.54) is 16.6 Å². The van der Waals surface area contributed by atoms with E-state index in [1.807, 2.05) is 24.3 Å². The fourth-order valence-electron chi connectivity index (χ4n) is 5.84. The van der Waals surface area contributed by atoms with Crippen LogP contribution in [0.4, 0.5) is 0 Å². The lowest BCUT2D eigenvalue weighted by Gasteiger charge is -2.41. The Morgan fingerprint density at radius 1 is 0.968 bits per heavy atom. The summed E-state index contributed by atoms with van der Waals surface area (Å²) < 4.78 is 14.9. The third kappa shape index (κ3) is 2.12. The van der Waals surface area contributed by atoms with E-state index in [2.05, 4.69) is 60.9 Å². The maximum Gasteiger partial charge on any atom is 0.343 e. The van der Waals surface area contributed by atoms with Crippen LogP contribution in [0.5, 0.6) is 5.75 Å². The fraction of sp³-hybridized carbons (Fsp3) is 0.222. The number of fused-ring (bicyclic) bond motifs is 11. The molecule has 0 aliphatic carbocycles. The lowest BCUT2D eigenvalue weighted by molar-refractivity contribution is 0.0200. The lowest BCUT2D eigenvalue weighted by Crippen LogP contribution is -2.45. The van der Waals surface area contributed by atoms with Crippen LogP contribution in [0.2, 0.25) is 0 Å². The van der Waals surface area contributed by atoms with Gasteiger partial charge in [-0.05, 0) is 48.2 Å². The standard InChI is InChI=1S/C27H21NO3/c1-27(2)18-14-28-19-10-6-4-8-16(19)13-20(28)23(18)24-25(31-27)22-17-9-5-3-7-15(17)11-12-21(22)30-26(24)29/h3-13,18,23H,14H2,1-2H3/t18-,23-/m1/s1. The van der Waals surface area contributed by atoms with Gasteiger partial charge in [-0.15, -0.1) is 0 Å². The number of rotatable bonds is 0. The molecule has 7 rings (SSSR count). The van der Waals surface area contributed by atoms with Gasteiger partial charge in [-0.25, -0.2) is 4.79 Å². The van der Waals surface area contributed by atoms with Gasteiger partial charge in [0.25, 0.3) is 0 Å². The molecule has 0 amide bonds. The SMILES string of the molecule is CC1(C)Oc2c(c(=O)oc3ccc4ccccc4c23)[C@H]2c3cc4ccccc4n3C[C@H]21. The van der Waals surface area contributed by atoms with Crippen molar-refractivity contribution in [3.8, 4) is 5.75 Å². The molecule has 0 radical (unpaired) electrons. The van der Waals surface area contributed by atoms with Crippen molar-refractivity contribution in [2.24, 2.45) is 5.92 Å². The first-order valence-corrected chi connectivity index (χ1v) is 10.8. The molecule has 3 aromatic carbocycles. The Balaban J connectivity index is 1.62. The van der Waals surface area contributed by atoms with Crippen molar-refractivity contribution in [2.45, 2.75) is 31.9 Å². The van der Waals surface area contributed by atoms with Gasteiger partial charge in [0, 0.05) is 29.6 Å². The number of hydrogen-bond donors (Lipinski definition) is 0. The van der Waals surface area contributed by atoms with Gasteiger partial charge in [-0.1, -0.05) is 48.5 Å². The molecular formula is C27H21NO3. The van der Waals surface area contributed by atoms with E-state index in [4.69, 9.17) is 9.15 Å². The Labute approximate surface area is 178 Å². The summed E-state index contributed by atoms with van der Waals surface area (Å²) in [5.41, 5.74) is 2.91. The fourth-order valence-corrected chi connectivity index (χ4v) is 5.84. The predicted molar refractivity (Wildman–Crippen MR) is 122 cm³/mol. The maximum absolute atomic E-state index is 13.3. The molecular weight excluding hydrogens is 386 g/mol. The molecule has 2 aliphatic rings. The van der Waals surface area contributed by atoms with Crippen molar-refractivity contribution < 1.29 is 9.15 Å². The minimum absolute atomic E-state index is 0.0502. The molecule has 5 aromatic rings. The first-order chi connectivity index (χ1) is 15.0. The average molecular weight is 407 g/mol. The summed E-state index contributed by atoms with van der Waals surface area (Å²) in [6.45, 7) is 5.12. The highest BCUT2D eigenvalue weighted by Crippen LogP contribution is 2.54. The van der Waals surface area contributed by atoms with E-state index >= 15 is 0 Å². The van der Waals surface area contributed by atoms with E-state index in [9.17, 15) is 4.79 Å². The number of para-hydroxylation sites is 1. The minimum Gasteiger partial charge on any atom is -0.486 e. The highest BCUT2D eigenvalue weighted by atomic mass is 16.5. The molecule has 4 nitrogen and oxygen atoms in total. The van der Waals surface area contributed by atoms with E-state index in [0.717, 1.165) is 22.7 Å². The summed E-state index contributed by atoms with van der Waals surface area (Å²) in [4.78, 5) is 13.3. The predicted octanol–water partition coefficient (Wildman–Crippen LogP) is 5.83. The monoisotopic (exact) mass is 407 g/mol. The summed E-state index contributed by atoms with van der Waals surface area (Å²) >= 11 is 0. The largest absolute Gasteiger partial charge is 0.486 e. The van der Waals surface area contributed by atoms with Crippen LogP contribution in [-0.2, 0) is 6.54 Å². The Bertz CT molecular complexity index is 1600. The second kappa shape index (κ2) is 5.58. The molecule has 0 bridgehead atoms. The number of benzene rings is 3. The van der Waals surface area contributed by atoms with Gasteiger partial charge in [0.15, 0.2) is 0 Å². The zero-order chi connectivity index (χ0) is 20.9. The average Bonchev–Trinajstić information content (AvgIpc) is 3.30. The number of aromatic nitrogens is 1. The van der Waals surface area contributed by atoms with Crippen molar-refractivity contribution in [3.63, 3.8) is 0 Å². The van der Waals surface area contributed by atoms with Crippen LogP contribution in [0.1, 0.15) is 31.0 Å². The summed E-state index contributed by atoms with van der Waals surface area (Å²) in [6.07, 6.45) is 0. The summed E-state index contributed by atoms with van der Waals surface area (Å²) in [5, 5.41) is 4.26. The van der Waals surface area contributed by atoms with E-state index in [1.54, 1.807) is 0 Å². The first-order valence-electron chi connectivity index (χ1n) is 10.8. The molecule has 152 valence electrons. The summed E-state index contributed by atoms with van der Waals surface area (Å²) in [6, 6.07) is 22.7. The van der Waals surface area contributed by atoms with Gasteiger partial charge in [0.2, 0.25) is 0 Å². The molecule has 4 heterocycles. The number of hydrogen-bond acceptors (Lipinski definition) is 3. The molecule has 0 spiro atoms. The van der Waals surface area contributed by atoms with Gasteiger partial charge < -0.3 is 13.7 Å². The highest BCUT2D eigenvalue weighted by molar-refractivity contribution is 6.09. The zero-order valence-corrected chi connectivity index (χ0v) is 17.4. The van der Waals surface area contributed by atoms with Crippen LogP contribution < -0.4 is 10.4 Å². The van der Waals surface area contributed by atoms with Crippen molar-refractivity contribution in [1.29, 1.82) is 0 Å². The van der Waals surface area contributed by atoms with Gasteiger partial charge in [-0.3, -0.25) is 0 Å². The van der Waals surface area contributed by atoms with Crippen LogP contribution >= 0.6 is 0 Å². The smallest absolute Gasteiger partial charge is 0.343 e. The van der Waals surface area contributed by atoms with Crippen LogP contribution in [0, 0.1) is 5.92 Å². The molecule has 0 N–H and O–H groups in total. The van der Waals surface area contributed by atoms with Gasteiger partial charge in [0.05, 0.1) is 10.9 Å². The van der Waals surface area contributed by atoms with Crippen molar-refractivity contribution in [3.05, 3.63) is 88.4 Å². The minimum atomic E-state index is -0.421.